The van der Waals surface area contributed by atoms with Gasteiger partial charge < -0.3 is 9.30 Å². The van der Waals surface area contributed by atoms with Crippen molar-refractivity contribution >= 4 is 34.0 Å². The van der Waals surface area contributed by atoms with Gasteiger partial charge in [-0.3, -0.25) is 0 Å². The van der Waals surface area contributed by atoms with E-state index in [2.05, 4.69) is 33.3 Å². The van der Waals surface area contributed by atoms with Gasteiger partial charge in [0.25, 0.3) is 0 Å². The molecule has 0 bridgehead atoms. The Morgan fingerprint density at radius 2 is 2.25 bits per heavy atom. The van der Waals surface area contributed by atoms with Crippen molar-refractivity contribution in [3.05, 3.63) is 46.4 Å². The van der Waals surface area contributed by atoms with E-state index < -0.39 is 0 Å². The van der Waals surface area contributed by atoms with Crippen molar-refractivity contribution in [2.75, 3.05) is 7.11 Å². The quantitative estimate of drug-likeness (QED) is 0.666. The van der Waals surface area contributed by atoms with Crippen LogP contribution < -0.4 is 4.74 Å². The van der Waals surface area contributed by atoms with E-state index in [1.54, 1.807) is 18.4 Å². The average molecular weight is 307 g/mol. The monoisotopic (exact) mass is 306 g/mol. The Morgan fingerprint density at radius 1 is 1.40 bits per heavy atom. The molecule has 0 aliphatic carbocycles. The Balaban J connectivity index is 2.18. The van der Waals surface area contributed by atoms with Crippen LogP contribution in [0.4, 0.5) is 0 Å². The summed E-state index contributed by atoms with van der Waals surface area (Å²) in [6.07, 6.45) is 0. The van der Waals surface area contributed by atoms with Crippen molar-refractivity contribution in [1.82, 2.24) is 9.55 Å². The molecule has 2 aromatic heterocycles. The SMILES string of the molecule is COc1ccc2c(c1)nc(CCl)n2C(C)c1ccsc1. The predicted octanol–water partition coefficient (Wildman–Crippen LogP) is 4.45. The highest BCUT2D eigenvalue weighted by Gasteiger charge is 2.17. The van der Waals surface area contributed by atoms with Crippen molar-refractivity contribution in [3.63, 3.8) is 0 Å². The number of benzene rings is 1. The third-order valence-corrected chi connectivity index (χ3v) is 4.44. The fourth-order valence-corrected chi connectivity index (χ4v) is 3.38. The van der Waals surface area contributed by atoms with Crippen LogP contribution in [0.15, 0.2) is 35.0 Å². The average Bonchev–Trinajstić information content (AvgIpc) is 3.12. The zero-order valence-corrected chi connectivity index (χ0v) is 12.9. The molecule has 1 unspecified atom stereocenters. The second kappa shape index (κ2) is 5.46. The zero-order chi connectivity index (χ0) is 14.1. The third-order valence-electron chi connectivity index (χ3n) is 3.50. The minimum absolute atomic E-state index is 0.216. The van der Waals surface area contributed by atoms with Crippen LogP contribution >= 0.6 is 22.9 Å². The first-order chi connectivity index (χ1) is 9.74. The molecule has 0 aliphatic heterocycles. The van der Waals surface area contributed by atoms with Crippen molar-refractivity contribution in [2.45, 2.75) is 18.8 Å². The summed E-state index contributed by atoms with van der Waals surface area (Å²) in [5.74, 6) is 2.09. The molecule has 0 spiro atoms. The smallest absolute Gasteiger partial charge is 0.125 e. The molecular weight excluding hydrogens is 292 g/mol. The molecule has 0 N–H and O–H groups in total. The summed E-state index contributed by atoms with van der Waals surface area (Å²) in [6, 6.07) is 8.30. The molecule has 1 atom stereocenters. The number of thiophene rings is 1. The first kappa shape index (κ1) is 13.5. The number of imidazole rings is 1. The molecule has 0 radical (unpaired) electrons. The Bertz CT molecular complexity index is 721. The molecule has 3 aromatic rings. The maximum absolute atomic E-state index is 6.07. The number of hydrogen-bond donors (Lipinski definition) is 0. The maximum atomic E-state index is 6.07. The lowest BCUT2D eigenvalue weighted by Crippen LogP contribution is -2.09. The maximum Gasteiger partial charge on any atom is 0.125 e. The highest BCUT2D eigenvalue weighted by molar-refractivity contribution is 7.07. The summed E-state index contributed by atoms with van der Waals surface area (Å²) in [7, 11) is 1.66. The second-order valence-electron chi connectivity index (χ2n) is 4.62. The molecular formula is C15H15ClN2OS. The summed E-state index contributed by atoms with van der Waals surface area (Å²) in [5.41, 5.74) is 3.28. The lowest BCUT2D eigenvalue weighted by molar-refractivity contribution is 0.415. The van der Waals surface area contributed by atoms with E-state index in [1.807, 2.05) is 18.2 Å². The summed E-state index contributed by atoms with van der Waals surface area (Å²) in [6.45, 7) is 2.17. The minimum atomic E-state index is 0.216. The molecule has 0 amide bonds. The molecule has 0 saturated carbocycles. The van der Waals surface area contributed by atoms with Crippen LogP contribution in [-0.4, -0.2) is 16.7 Å². The molecule has 0 saturated heterocycles. The molecule has 1 aromatic carbocycles. The summed E-state index contributed by atoms with van der Waals surface area (Å²) in [5, 5.41) is 4.26. The molecule has 20 heavy (non-hydrogen) atoms. The van der Waals surface area contributed by atoms with Crippen LogP contribution in [0.5, 0.6) is 5.75 Å². The number of rotatable bonds is 4. The van der Waals surface area contributed by atoms with Gasteiger partial charge in [-0.15, -0.1) is 11.6 Å². The number of alkyl halides is 1. The molecule has 2 heterocycles. The molecule has 5 heteroatoms. The van der Waals surface area contributed by atoms with Crippen molar-refractivity contribution in [2.24, 2.45) is 0 Å². The molecule has 3 nitrogen and oxygen atoms in total. The second-order valence-corrected chi connectivity index (χ2v) is 5.67. The van der Waals surface area contributed by atoms with E-state index in [4.69, 9.17) is 16.3 Å². The fourth-order valence-electron chi connectivity index (χ4n) is 2.44. The van der Waals surface area contributed by atoms with Crippen LogP contribution in [0.1, 0.15) is 24.4 Å². The predicted molar refractivity (Wildman–Crippen MR) is 84.0 cm³/mol. The van der Waals surface area contributed by atoms with E-state index in [0.717, 1.165) is 22.6 Å². The Labute approximate surface area is 126 Å². The number of fused-ring (bicyclic) bond motifs is 1. The number of halogens is 1. The van der Waals surface area contributed by atoms with E-state index in [1.165, 1.54) is 5.56 Å². The Hall–Kier alpha value is -1.52. The minimum Gasteiger partial charge on any atom is -0.497 e. The number of nitrogens with zero attached hydrogens (tertiary/aromatic N) is 2. The Morgan fingerprint density at radius 3 is 2.90 bits per heavy atom. The van der Waals surface area contributed by atoms with E-state index in [9.17, 15) is 0 Å². The van der Waals surface area contributed by atoms with Crippen molar-refractivity contribution in [1.29, 1.82) is 0 Å². The lowest BCUT2D eigenvalue weighted by Gasteiger charge is -2.16. The summed E-state index contributed by atoms with van der Waals surface area (Å²) >= 11 is 7.77. The lowest BCUT2D eigenvalue weighted by atomic mass is 10.1. The number of aromatic nitrogens is 2. The van der Waals surface area contributed by atoms with Crippen LogP contribution in [0.3, 0.4) is 0 Å². The highest BCUT2D eigenvalue weighted by Crippen LogP contribution is 2.29. The topological polar surface area (TPSA) is 27.1 Å². The van der Waals surface area contributed by atoms with Gasteiger partial charge >= 0.3 is 0 Å². The van der Waals surface area contributed by atoms with Gasteiger partial charge in [-0.1, -0.05) is 0 Å². The standard InChI is InChI=1S/C15H15ClN2OS/c1-10(11-5-6-20-9-11)18-14-4-3-12(19-2)7-13(14)17-15(18)8-16/h3-7,9-10H,8H2,1-2H3. The van der Waals surface area contributed by atoms with Gasteiger partial charge in [0.05, 0.1) is 30.1 Å². The van der Waals surface area contributed by atoms with E-state index in [-0.39, 0.29) is 6.04 Å². The number of hydrogen-bond acceptors (Lipinski definition) is 3. The van der Waals surface area contributed by atoms with Gasteiger partial charge in [-0.2, -0.15) is 11.3 Å². The fraction of sp³-hybridized carbons (Fsp3) is 0.267. The molecule has 0 fully saturated rings. The number of methoxy groups -OCH3 is 1. The van der Waals surface area contributed by atoms with E-state index in [0.29, 0.717) is 5.88 Å². The van der Waals surface area contributed by atoms with Crippen molar-refractivity contribution < 1.29 is 4.74 Å². The van der Waals surface area contributed by atoms with Gasteiger partial charge in [-0.25, -0.2) is 4.98 Å². The Kier molecular flexibility index (Phi) is 3.68. The normalized spacial score (nSPS) is 12.8. The largest absolute Gasteiger partial charge is 0.497 e. The summed E-state index contributed by atoms with van der Waals surface area (Å²) in [4.78, 5) is 4.63. The van der Waals surface area contributed by atoms with Gasteiger partial charge in [0.1, 0.15) is 11.6 Å². The molecule has 0 aliphatic rings. The third kappa shape index (κ3) is 2.19. The number of ether oxygens (including phenoxy) is 1. The molecule has 104 valence electrons. The van der Waals surface area contributed by atoms with Crippen LogP contribution in [0.25, 0.3) is 11.0 Å². The van der Waals surface area contributed by atoms with Gasteiger partial charge in [-0.05, 0) is 41.4 Å². The van der Waals surface area contributed by atoms with E-state index >= 15 is 0 Å². The van der Waals surface area contributed by atoms with Crippen LogP contribution in [0, 0.1) is 0 Å². The van der Waals surface area contributed by atoms with Gasteiger partial charge in [0.15, 0.2) is 0 Å². The first-order valence-electron chi connectivity index (χ1n) is 6.37. The zero-order valence-electron chi connectivity index (χ0n) is 11.3. The first-order valence-corrected chi connectivity index (χ1v) is 7.85. The summed E-state index contributed by atoms with van der Waals surface area (Å²) < 4.78 is 7.46. The van der Waals surface area contributed by atoms with Crippen molar-refractivity contribution in [3.8, 4) is 5.75 Å². The van der Waals surface area contributed by atoms with Gasteiger partial charge in [0.2, 0.25) is 0 Å². The molecule has 3 rings (SSSR count). The highest BCUT2D eigenvalue weighted by atomic mass is 35.5. The van der Waals surface area contributed by atoms with Crippen LogP contribution in [-0.2, 0) is 5.88 Å². The van der Waals surface area contributed by atoms with Gasteiger partial charge in [0, 0.05) is 6.07 Å². The van der Waals surface area contributed by atoms with Crippen LogP contribution in [0.2, 0.25) is 0 Å².